The summed E-state index contributed by atoms with van der Waals surface area (Å²) in [7, 11) is 0. The number of aromatic nitrogens is 1. The first-order valence-corrected chi connectivity index (χ1v) is 7.75. The average Bonchev–Trinajstić information content (AvgIpc) is 2.94. The Morgan fingerprint density at radius 2 is 1.87 bits per heavy atom. The molecule has 4 atom stereocenters. The minimum Gasteiger partial charge on any atom is -0.387 e. The maximum atomic E-state index is 12.9. The molecule has 1 aliphatic rings. The van der Waals surface area contributed by atoms with E-state index in [-0.39, 0.29) is 20.8 Å². The smallest absolute Gasteiger partial charge is 0.164 e. The van der Waals surface area contributed by atoms with Crippen LogP contribution in [0.5, 0.6) is 0 Å². The molecular weight excluding hydrogens is 372 g/mol. The lowest BCUT2D eigenvalue weighted by atomic mass is 10.1. The van der Waals surface area contributed by atoms with E-state index < -0.39 is 31.2 Å². The molecule has 1 saturated heterocycles. The third kappa shape index (κ3) is 2.54. The van der Waals surface area contributed by atoms with Gasteiger partial charge in [-0.25, -0.2) is 4.39 Å². The maximum absolute atomic E-state index is 12.9. The van der Waals surface area contributed by atoms with Crippen LogP contribution in [0.1, 0.15) is 16.6 Å². The molecule has 0 radical (unpaired) electrons. The molecule has 1 aromatic heterocycles. The van der Waals surface area contributed by atoms with Crippen LogP contribution in [0.4, 0.5) is 4.39 Å². The van der Waals surface area contributed by atoms with Crippen LogP contribution in [-0.4, -0.2) is 46.1 Å². The van der Waals surface area contributed by atoms with Crippen LogP contribution in [-0.2, 0) is 4.74 Å². The van der Waals surface area contributed by atoms with Crippen LogP contribution >= 0.6 is 34.8 Å². The Labute approximate surface area is 145 Å². The normalized spacial score (nSPS) is 27.7. The Morgan fingerprint density at radius 3 is 2.43 bits per heavy atom. The van der Waals surface area contributed by atoms with E-state index in [0.717, 1.165) is 0 Å². The first-order valence-electron chi connectivity index (χ1n) is 6.61. The minimum absolute atomic E-state index is 0.0240. The number of carbonyl (C=O) groups is 1. The summed E-state index contributed by atoms with van der Waals surface area (Å²) in [5.74, 6) is 0. The molecule has 1 aromatic carbocycles. The van der Waals surface area contributed by atoms with E-state index in [1.165, 1.54) is 16.7 Å². The van der Waals surface area contributed by atoms with Crippen molar-refractivity contribution in [2.24, 2.45) is 0 Å². The van der Waals surface area contributed by atoms with Crippen LogP contribution < -0.4 is 0 Å². The molecule has 2 heterocycles. The summed E-state index contributed by atoms with van der Waals surface area (Å²) in [6, 6.07) is 2.93. The first-order chi connectivity index (χ1) is 10.9. The maximum Gasteiger partial charge on any atom is 0.164 e. The topological polar surface area (TPSA) is 71.7 Å². The van der Waals surface area contributed by atoms with Crippen molar-refractivity contribution in [1.82, 2.24) is 4.57 Å². The van der Waals surface area contributed by atoms with Crippen LogP contribution in [0.2, 0.25) is 15.2 Å². The average molecular weight is 383 g/mol. The Balaban J connectivity index is 2.24. The fourth-order valence-electron chi connectivity index (χ4n) is 2.73. The zero-order chi connectivity index (χ0) is 16.9. The molecule has 0 amide bonds. The number of halogens is 4. The standard InChI is InChI=1S/C14H11Cl3FNO4/c15-7-1-5-6(4-20)13(17)19(9(5)2-8(7)16)14-12(22)11(21)10(3-18)23-14/h1-2,4,10-12,14,21-22H,3H2/t10-,11-,12-,14?/m1/s1. The predicted molar refractivity (Wildman–Crippen MR) is 84.3 cm³/mol. The highest BCUT2D eigenvalue weighted by Gasteiger charge is 2.45. The molecule has 0 saturated carbocycles. The summed E-state index contributed by atoms with van der Waals surface area (Å²) in [5, 5.41) is 20.8. The van der Waals surface area contributed by atoms with Gasteiger partial charge in [-0.15, -0.1) is 0 Å². The highest BCUT2D eigenvalue weighted by molar-refractivity contribution is 6.43. The lowest BCUT2D eigenvalue weighted by Gasteiger charge is -2.19. The second kappa shape index (κ2) is 6.20. The number of ether oxygens (including phenoxy) is 1. The molecule has 1 fully saturated rings. The van der Waals surface area contributed by atoms with Crippen molar-refractivity contribution < 1.29 is 24.1 Å². The van der Waals surface area contributed by atoms with Gasteiger partial charge >= 0.3 is 0 Å². The fraction of sp³-hybridized carbons (Fsp3) is 0.357. The highest BCUT2D eigenvalue weighted by Crippen LogP contribution is 2.40. The molecule has 2 N–H and O–H groups in total. The molecule has 0 bridgehead atoms. The van der Waals surface area contributed by atoms with Crippen molar-refractivity contribution in [1.29, 1.82) is 0 Å². The Hall–Kier alpha value is -0.890. The van der Waals surface area contributed by atoms with E-state index in [4.69, 9.17) is 39.5 Å². The van der Waals surface area contributed by atoms with Gasteiger partial charge in [0.2, 0.25) is 0 Å². The van der Waals surface area contributed by atoms with Gasteiger partial charge in [-0.1, -0.05) is 34.8 Å². The summed E-state index contributed by atoms with van der Waals surface area (Å²) in [6.07, 6.45) is -4.65. The Morgan fingerprint density at radius 1 is 1.22 bits per heavy atom. The molecule has 2 aromatic rings. The molecule has 1 aliphatic heterocycles. The number of aldehydes is 1. The summed E-state index contributed by atoms with van der Waals surface area (Å²) in [4.78, 5) is 11.3. The van der Waals surface area contributed by atoms with Gasteiger partial charge in [0.05, 0.1) is 21.1 Å². The predicted octanol–water partition coefficient (Wildman–Crippen LogP) is 3.00. The van der Waals surface area contributed by atoms with Crippen molar-refractivity contribution in [2.75, 3.05) is 6.67 Å². The highest BCUT2D eigenvalue weighted by atomic mass is 35.5. The van der Waals surface area contributed by atoms with Crippen LogP contribution in [0.25, 0.3) is 10.9 Å². The third-order valence-corrected chi connectivity index (χ3v) is 4.99. The molecule has 124 valence electrons. The molecule has 3 rings (SSSR count). The summed E-state index contributed by atoms with van der Waals surface area (Å²) in [6.45, 7) is -0.974. The quantitative estimate of drug-likeness (QED) is 0.801. The van der Waals surface area contributed by atoms with Crippen molar-refractivity contribution in [3.8, 4) is 0 Å². The second-order valence-corrected chi connectivity index (χ2v) is 6.35. The molecule has 5 nitrogen and oxygen atoms in total. The van der Waals surface area contributed by atoms with Crippen LogP contribution in [0, 0.1) is 0 Å². The van der Waals surface area contributed by atoms with Crippen LogP contribution in [0.3, 0.4) is 0 Å². The number of hydrogen-bond acceptors (Lipinski definition) is 4. The lowest BCUT2D eigenvalue weighted by molar-refractivity contribution is -0.0402. The number of aliphatic hydroxyl groups excluding tert-OH is 2. The largest absolute Gasteiger partial charge is 0.387 e. The number of carbonyl (C=O) groups excluding carboxylic acids is 1. The SMILES string of the molecule is O=Cc1c(Cl)n(C2O[C@H](CF)[C@@H](O)[C@H]2O)c2cc(Cl)c(Cl)cc12. The number of hydrogen-bond donors (Lipinski definition) is 2. The Bertz CT molecular complexity index is 781. The monoisotopic (exact) mass is 381 g/mol. The van der Waals surface area contributed by atoms with Gasteiger partial charge in [-0.2, -0.15) is 0 Å². The lowest BCUT2D eigenvalue weighted by Crippen LogP contribution is -2.32. The van der Waals surface area contributed by atoms with Crippen LogP contribution in [0.15, 0.2) is 12.1 Å². The molecule has 1 unspecified atom stereocenters. The van der Waals surface area contributed by atoms with Crippen molar-refractivity contribution in [2.45, 2.75) is 24.5 Å². The number of fused-ring (bicyclic) bond motifs is 1. The number of benzene rings is 1. The molecule has 9 heteroatoms. The van der Waals surface area contributed by atoms with Gasteiger partial charge in [-0.3, -0.25) is 4.79 Å². The van der Waals surface area contributed by atoms with E-state index in [0.29, 0.717) is 17.2 Å². The third-order valence-electron chi connectivity index (χ3n) is 3.88. The van der Waals surface area contributed by atoms with Gasteiger partial charge in [0.15, 0.2) is 12.5 Å². The summed E-state index contributed by atoms with van der Waals surface area (Å²) < 4.78 is 19.5. The van der Waals surface area contributed by atoms with E-state index >= 15 is 0 Å². The van der Waals surface area contributed by atoms with E-state index in [1.807, 2.05) is 0 Å². The number of alkyl halides is 1. The molecular formula is C14H11Cl3FNO4. The molecule has 0 spiro atoms. The Kier molecular flexibility index (Phi) is 4.57. The van der Waals surface area contributed by atoms with Gasteiger partial charge in [0.25, 0.3) is 0 Å². The van der Waals surface area contributed by atoms with Gasteiger partial charge in [0, 0.05) is 5.39 Å². The summed E-state index contributed by atoms with van der Waals surface area (Å²) in [5.41, 5.74) is 0.511. The first kappa shape index (κ1) is 17.0. The second-order valence-electron chi connectivity index (χ2n) is 5.18. The van der Waals surface area contributed by atoms with Crippen molar-refractivity contribution in [3.05, 3.63) is 32.9 Å². The number of aliphatic hydroxyl groups is 2. The van der Waals surface area contributed by atoms with E-state index in [2.05, 4.69) is 0 Å². The number of rotatable bonds is 3. The van der Waals surface area contributed by atoms with Gasteiger partial charge in [0.1, 0.15) is 30.1 Å². The van der Waals surface area contributed by atoms with E-state index in [1.54, 1.807) is 0 Å². The van der Waals surface area contributed by atoms with Gasteiger partial charge in [-0.05, 0) is 12.1 Å². The van der Waals surface area contributed by atoms with E-state index in [9.17, 15) is 19.4 Å². The van der Waals surface area contributed by atoms with Gasteiger partial charge < -0.3 is 19.5 Å². The fourth-order valence-corrected chi connectivity index (χ4v) is 3.38. The molecule has 0 aliphatic carbocycles. The van der Waals surface area contributed by atoms with Crippen molar-refractivity contribution >= 4 is 52.0 Å². The summed E-state index contributed by atoms with van der Waals surface area (Å²) >= 11 is 18.2. The number of nitrogens with zero attached hydrogens (tertiary/aromatic N) is 1. The van der Waals surface area contributed by atoms with Crippen molar-refractivity contribution in [3.63, 3.8) is 0 Å². The minimum atomic E-state index is -1.42. The molecule has 23 heavy (non-hydrogen) atoms. The zero-order valence-corrected chi connectivity index (χ0v) is 13.7. The zero-order valence-electron chi connectivity index (χ0n) is 11.4.